The van der Waals surface area contributed by atoms with Crippen molar-refractivity contribution in [1.29, 1.82) is 0 Å². The topological polar surface area (TPSA) is 41.1 Å². The Bertz CT molecular complexity index is 462. The summed E-state index contributed by atoms with van der Waals surface area (Å²) in [6.45, 7) is 4.51. The molecule has 0 unspecified atom stereocenters. The Hall–Kier alpha value is -1.35. The Morgan fingerprint density at radius 2 is 1.76 bits per heavy atom. The van der Waals surface area contributed by atoms with Crippen LogP contribution < -0.4 is 10.6 Å². The van der Waals surface area contributed by atoms with Gasteiger partial charge in [0.15, 0.2) is 0 Å². The summed E-state index contributed by atoms with van der Waals surface area (Å²) >= 11 is 0. The van der Waals surface area contributed by atoms with Gasteiger partial charge in [0.1, 0.15) is 0 Å². The van der Waals surface area contributed by atoms with E-state index in [9.17, 15) is 4.79 Å². The quantitative estimate of drug-likeness (QED) is 0.881. The summed E-state index contributed by atoms with van der Waals surface area (Å²) in [6.07, 6.45) is 9.04. The number of aryl methyl sites for hydroxylation is 2. The van der Waals surface area contributed by atoms with Gasteiger partial charge in [0.05, 0.1) is 6.54 Å². The lowest BCUT2D eigenvalue weighted by Crippen LogP contribution is -2.36. The molecule has 3 heteroatoms. The minimum atomic E-state index is 0.0593. The molecule has 1 fully saturated rings. The first-order valence-corrected chi connectivity index (χ1v) is 8.25. The number of nitrogens with one attached hydrogen (secondary N) is 2. The highest BCUT2D eigenvalue weighted by atomic mass is 16.1. The molecule has 0 heterocycles. The van der Waals surface area contributed by atoms with Crippen molar-refractivity contribution in [1.82, 2.24) is 5.32 Å². The van der Waals surface area contributed by atoms with Crippen LogP contribution in [0.5, 0.6) is 0 Å². The molecule has 1 saturated carbocycles. The van der Waals surface area contributed by atoms with Gasteiger partial charge in [-0.2, -0.15) is 0 Å². The van der Waals surface area contributed by atoms with Crippen LogP contribution in [-0.2, 0) is 4.79 Å². The Morgan fingerprint density at radius 3 is 2.43 bits per heavy atom. The fourth-order valence-corrected chi connectivity index (χ4v) is 3.05. The normalized spacial score (nSPS) is 17.0. The zero-order valence-electron chi connectivity index (χ0n) is 13.4. The third-order valence-corrected chi connectivity index (χ3v) is 4.31. The number of hydrogen-bond acceptors (Lipinski definition) is 2. The van der Waals surface area contributed by atoms with Crippen LogP contribution in [0.3, 0.4) is 0 Å². The van der Waals surface area contributed by atoms with Crippen molar-refractivity contribution in [2.75, 3.05) is 11.9 Å². The molecule has 2 rings (SSSR count). The van der Waals surface area contributed by atoms with Gasteiger partial charge in [0.25, 0.3) is 0 Å². The molecule has 0 spiro atoms. The number of rotatable bonds is 4. The molecule has 3 nitrogen and oxygen atoms in total. The molecular weight excluding hydrogens is 260 g/mol. The largest absolute Gasteiger partial charge is 0.325 e. The number of carbonyl (C=O) groups excluding carboxylic acids is 1. The molecule has 116 valence electrons. The lowest BCUT2D eigenvalue weighted by atomic mass is 9.97. The summed E-state index contributed by atoms with van der Waals surface area (Å²) in [6, 6.07) is 6.62. The van der Waals surface area contributed by atoms with Crippen molar-refractivity contribution < 1.29 is 4.79 Å². The van der Waals surface area contributed by atoms with Crippen molar-refractivity contribution in [2.24, 2.45) is 0 Å². The molecule has 1 aliphatic rings. The van der Waals surface area contributed by atoms with Gasteiger partial charge >= 0.3 is 0 Å². The molecule has 0 aromatic heterocycles. The van der Waals surface area contributed by atoms with E-state index in [1.807, 2.05) is 19.1 Å². The summed E-state index contributed by atoms with van der Waals surface area (Å²) in [5, 5.41) is 6.43. The lowest BCUT2D eigenvalue weighted by Gasteiger charge is -2.21. The van der Waals surface area contributed by atoms with E-state index in [1.165, 1.54) is 50.5 Å². The first-order valence-electron chi connectivity index (χ1n) is 8.25. The predicted octanol–water partition coefficient (Wildman–Crippen LogP) is 3.94. The molecule has 2 N–H and O–H groups in total. The number of amides is 1. The highest BCUT2D eigenvalue weighted by Crippen LogP contribution is 2.17. The Balaban J connectivity index is 1.78. The molecule has 0 bridgehead atoms. The van der Waals surface area contributed by atoms with Gasteiger partial charge in [-0.1, -0.05) is 49.8 Å². The second kappa shape index (κ2) is 8.18. The maximum absolute atomic E-state index is 12.1. The van der Waals surface area contributed by atoms with Crippen LogP contribution >= 0.6 is 0 Å². The van der Waals surface area contributed by atoms with Crippen molar-refractivity contribution in [3.63, 3.8) is 0 Å². The SMILES string of the molecule is Cc1ccc(NC(=O)CNC2CCCCCCC2)c(C)c1. The van der Waals surface area contributed by atoms with Crippen LogP contribution in [0.25, 0.3) is 0 Å². The van der Waals surface area contributed by atoms with E-state index in [-0.39, 0.29) is 5.91 Å². The maximum Gasteiger partial charge on any atom is 0.238 e. The average molecular weight is 288 g/mol. The monoisotopic (exact) mass is 288 g/mol. The van der Waals surface area contributed by atoms with E-state index in [0.717, 1.165) is 11.3 Å². The molecule has 1 aliphatic carbocycles. The van der Waals surface area contributed by atoms with Crippen LogP contribution in [0.15, 0.2) is 18.2 Å². The standard InChI is InChI=1S/C18H28N2O/c1-14-10-11-17(15(2)12-14)20-18(21)13-19-16-8-6-4-3-5-7-9-16/h10-12,16,19H,3-9,13H2,1-2H3,(H,20,21). The molecule has 21 heavy (non-hydrogen) atoms. The van der Waals surface area contributed by atoms with E-state index in [0.29, 0.717) is 12.6 Å². The molecule has 0 radical (unpaired) electrons. The number of hydrogen-bond donors (Lipinski definition) is 2. The van der Waals surface area contributed by atoms with Crippen molar-refractivity contribution in [3.05, 3.63) is 29.3 Å². The number of anilines is 1. The minimum Gasteiger partial charge on any atom is -0.325 e. The highest BCUT2D eigenvalue weighted by molar-refractivity contribution is 5.93. The summed E-state index contributed by atoms with van der Waals surface area (Å²) in [5.74, 6) is 0.0593. The van der Waals surface area contributed by atoms with Gasteiger partial charge in [0, 0.05) is 11.7 Å². The summed E-state index contributed by atoms with van der Waals surface area (Å²) in [7, 11) is 0. The first kappa shape index (κ1) is 16.0. The summed E-state index contributed by atoms with van der Waals surface area (Å²) in [5.41, 5.74) is 3.26. The highest BCUT2D eigenvalue weighted by Gasteiger charge is 2.12. The van der Waals surface area contributed by atoms with Gasteiger partial charge in [-0.05, 0) is 38.3 Å². The van der Waals surface area contributed by atoms with Crippen LogP contribution in [0.1, 0.15) is 56.1 Å². The second-order valence-corrected chi connectivity index (χ2v) is 6.29. The van der Waals surface area contributed by atoms with Crippen LogP contribution in [-0.4, -0.2) is 18.5 Å². The van der Waals surface area contributed by atoms with Crippen molar-refractivity contribution >= 4 is 11.6 Å². The molecule has 1 aromatic carbocycles. The van der Waals surface area contributed by atoms with Crippen LogP contribution in [0, 0.1) is 13.8 Å². The van der Waals surface area contributed by atoms with Gasteiger partial charge in [0.2, 0.25) is 5.91 Å². The Kier molecular flexibility index (Phi) is 6.24. The average Bonchev–Trinajstić information content (AvgIpc) is 2.41. The Labute approximate surface area is 128 Å². The van der Waals surface area contributed by atoms with E-state index in [2.05, 4.69) is 23.6 Å². The van der Waals surface area contributed by atoms with Gasteiger partial charge in [-0.3, -0.25) is 4.79 Å². The van der Waals surface area contributed by atoms with E-state index < -0.39 is 0 Å². The zero-order valence-corrected chi connectivity index (χ0v) is 13.4. The predicted molar refractivity (Wildman–Crippen MR) is 88.7 cm³/mol. The molecule has 0 atom stereocenters. The molecule has 1 amide bonds. The van der Waals surface area contributed by atoms with Crippen molar-refractivity contribution in [2.45, 2.75) is 64.8 Å². The number of benzene rings is 1. The van der Waals surface area contributed by atoms with Gasteiger partial charge in [-0.25, -0.2) is 0 Å². The smallest absolute Gasteiger partial charge is 0.238 e. The molecule has 0 aliphatic heterocycles. The number of carbonyl (C=O) groups is 1. The minimum absolute atomic E-state index is 0.0593. The molecule has 0 saturated heterocycles. The molecule has 1 aromatic rings. The zero-order chi connectivity index (χ0) is 15.1. The van der Waals surface area contributed by atoms with Crippen LogP contribution in [0.2, 0.25) is 0 Å². The lowest BCUT2D eigenvalue weighted by molar-refractivity contribution is -0.115. The third-order valence-electron chi connectivity index (χ3n) is 4.31. The third kappa shape index (κ3) is 5.50. The van der Waals surface area contributed by atoms with Gasteiger partial charge in [-0.15, -0.1) is 0 Å². The van der Waals surface area contributed by atoms with Crippen LogP contribution in [0.4, 0.5) is 5.69 Å². The summed E-state index contributed by atoms with van der Waals surface area (Å²) < 4.78 is 0. The fraction of sp³-hybridized carbons (Fsp3) is 0.611. The van der Waals surface area contributed by atoms with E-state index >= 15 is 0 Å². The van der Waals surface area contributed by atoms with E-state index in [1.54, 1.807) is 0 Å². The second-order valence-electron chi connectivity index (χ2n) is 6.29. The van der Waals surface area contributed by atoms with E-state index in [4.69, 9.17) is 0 Å². The summed E-state index contributed by atoms with van der Waals surface area (Å²) in [4.78, 5) is 12.1. The first-order chi connectivity index (χ1) is 10.1. The fourth-order valence-electron chi connectivity index (χ4n) is 3.05. The van der Waals surface area contributed by atoms with Gasteiger partial charge < -0.3 is 10.6 Å². The maximum atomic E-state index is 12.1. The Morgan fingerprint density at radius 1 is 1.10 bits per heavy atom. The molecular formula is C18H28N2O. The van der Waals surface area contributed by atoms with Crippen molar-refractivity contribution in [3.8, 4) is 0 Å².